The first kappa shape index (κ1) is 27.9. The fourth-order valence-electron chi connectivity index (χ4n) is 8.52. The van der Waals surface area contributed by atoms with E-state index in [0.29, 0.717) is 0 Å². The van der Waals surface area contributed by atoms with Crippen LogP contribution in [-0.2, 0) is 10.8 Å². The Labute approximate surface area is 277 Å². The Morgan fingerprint density at radius 1 is 0.404 bits per heavy atom. The van der Waals surface area contributed by atoms with Gasteiger partial charge in [0.05, 0.1) is 11.4 Å². The maximum Gasteiger partial charge on any atom is 0.0546 e. The molecule has 1 heteroatoms. The highest BCUT2D eigenvalue weighted by Gasteiger charge is 2.39. The quantitative estimate of drug-likeness (QED) is 0.193. The maximum absolute atomic E-state index is 2.55. The predicted octanol–water partition coefficient (Wildman–Crippen LogP) is 12.6. The van der Waals surface area contributed by atoms with Gasteiger partial charge in [-0.25, -0.2) is 0 Å². The molecule has 0 N–H and O–H groups in total. The molecule has 0 spiro atoms. The highest BCUT2D eigenvalue weighted by Crippen LogP contribution is 2.56. The van der Waals surface area contributed by atoms with Gasteiger partial charge in [0.25, 0.3) is 0 Å². The third kappa shape index (κ3) is 3.96. The van der Waals surface area contributed by atoms with Gasteiger partial charge in [-0.3, -0.25) is 0 Å². The normalized spacial score (nSPS) is 14.7. The molecule has 0 aliphatic heterocycles. The molecular weight excluding hydrogens is 567 g/mol. The summed E-state index contributed by atoms with van der Waals surface area (Å²) in [5, 5.41) is 2.49. The second-order valence-electron chi connectivity index (χ2n) is 14.2. The van der Waals surface area contributed by atoms with E-state index < -0.39 is 0 Å². The van der Waals surface area contributed by atoms with Crippen LogP contribution in [0.5, 0.6) is 0 Å². The van der Waals surface area contributed by atoms with Crippen molar-refractivity contribution in [1.29, 1.82) is 0 Å². The predicted molar refractivity (Wildman–Crippen MR) is 199 cm³/mol. The van der Waals surface area contributed by atoms with Crippen LogP contribution in [0.2, 0.25) is 0 Å². The third-order valence-corrected chi connectivity index (χ3v) is 10.9. The summed E-state index contributed by atoms with van der Waals surface area (Å²) in [6.45, 7) is 9.48. The minimum atomic E-state index is -0.105. The van der Waals surface area contributed by atoms with Crippen LogP contribution in [0.15, 0.2) is 152 Å². The SMILES string of the molecule is CC1(C)c2ccccc2-c2ccc(N(c3cccc4c3-c3ccccc3C4(C)C)c3ccc4ccccc4c3-c3ccccc3)cc21. The summed E-state index contributed by atoms with van der Waals surface area (Å²) in [5.41, 5.74) is 16.7. The van der Waals surface area contributed by atoms with E-state index in [1.165, 1.54) is 83.5 Å². The molecule has 0 fully saturated rings. The maximum atomic E-state index is 2.55. The molecule has 0 radical (unpaired) electrons. The number of anilines is 3. The number of fused-ring (bicyclic) bond motifs is 7. The zero-order chi connectivity index (χ0) is 31.9. The Bertz CT molecular complexity index is 2360. The van der Waals surface area contributed by atoms with Crippen LogP contribution in [0.1, 0.15) is 49.9 Å². The highest BCUT2D eigenvalue weighted by molar-refractivity contribution is 6.07. The molecule has 1 nitrogen and oxygen atoms in total. The number of hydrogen-bond donors (Lipinski definition) is 0. The molecule has 9 rings (SSSR count). The second kappa shape index (κ2) is 10.0. The summed E-state index contributed by atoms with van der Waals surface area (Å²) >= 11 is 0. The van der Waals surface area contributed by atoms with Crippen LogP contribution in [0.4, 0.5) is 17.1 Å². The fraction of sp³-hybridized carbons (Fsp3) is 0.130. The van der Waals surface area contributed by atoms with Gasteiger partial charge in [-0.1, -0.05) is 155 Å². The average molecular weight is 604 g/mol. The zero-order valence-corrected chi connectivity index (χ0v) is 27.4. The first-order valence-electron chi connectivity index (χ1n) is 16.7. The Morgan fingerprint density at radius 3 is 1.81 bits per heavy atom. The van der Waals surface area contributed by atoms with Crippen molar-refractivity contribution in [3.8, 4) is 33.4 Å². The van der Waals surface area contributed by atoms with E-state index in [1.54, 1.807) is 0 Å². The van der Waals surface area contributed by atoms with Crippen molar-refractivity contribution in [2.45, 2.75) is 38.5 Å². The van der Waals surface area contributed by atoms with Crippen molar-refractivity contribution in [1.82, 2.24) is 0 Å². The van der Waals surface area contributed by atoms with Gasteiger partial charge in [-0.05, 0) is 79.5 Å². The first-order valence-corrected chi connectivity index (χ1v) is 16.7. The zero-order valence-electron chi connectivity index (χ0n) is 27.4. The van der Waals surface area contributed by atoms with Gasteiger partial charge >= 0.3 is 0 Å². The Morgan fingerprint density at radius 2 is 1.00 bits per heavy atom. The lowest BCUT2D eigenvalue weighted by Crippen LogP contribution is -2.18. The molecular formula is C46H37N. The monoisotopic (exact) mass is 603 g/mol. The molecule has 0 aromatic heterocycles. The van der Waals surface area contributed by atoms with Crippen LogP contribution in [0, 0.1) is 0 Å². The van der Waals surface area contributed by atoms with E-state index in [4.69, 9.17) is 0 Å². The van der Waals surface area contributed by atoms with Gasteiger partial charge < -0.3 is 4.90 Å². The first-order chi connectivity index (χ1) is 22.9. The van der Waals surface area contributed by atoms with Crippen LogP contribution >= 0.6 is 0 Å². The van der Waals surface area contributed by atoms with Crippen LogP contribution < -0.4 is 4.90 Å². The lowest BCUT2D eigenvalue weighted by atomic mass is 9.82. The van der Waals surface area contributed by atoms with E-state index in [1.807, 2.05) is 0 Å². The average Bonchev–Trinajstić information content (AvgIpc) is 3.48. The molecule has 226 valence electrons. The van der Waals surface area contributed by atoms with Gasteiger partial charge in [0.2, 0.25) is 0 Å². The summed E-state index contributed by atoms with van der Waals surface area (Å²) in [4.78, 5) is 2.55. The molecule has 0 unspecified atom stereocenters. The largest absolute Gasteiger partial charge is 0.309 e. The Kier molecular flexibility index (Phi) is 5.96. The molecule has 7 aromatic carbocycles. The number of rotatable bonds is 4. The molecule has 0 atom stereocenters. The van der Waals surface area contributed by atoms with Crippen LogP contribution in [-0.4, -0.2) is 0 Å². The van der Waals surface area contributed by atoms with Gasteiger partial charge in [0.1, 0.15) is 0 Å². The fourth-order valence-corrected chi connectivity index (χ4v) is 8.52. The van der Waals surface area contributed by atoms with Gasteiger partial charge in [-0.15, -0.1) is 0 Å². The lowest BCUT2D eigenvalue weighted by Gasteiger charge is -2.32. The van der Waals surface area contributed by atoms with Gasteiger partial charge in [-0.2, -0.15) is 0 Å². The summed E-state index contributed by atoms with van der Waals surface area (Å²) < 4.78 is 0. The Hall–Kier alpha value is -5.40. The molecule has 0 bridgehead atoms. The number of hydrogen-bond acceptors (Lipinski definition) is 1. The summed E-state index contributed by atoms with van der Waals surface area (Å²) in [7, 11) is 0. The van der Waals surface area contributed by atoms with E-state index in [-0.39, 0.29) is 10.8 Å². The lowest BCUT2D eigenvalue weighted by molar-refractivity contribution is 0.660. The minimum absolute atomic E-state index is 0.0964. The highest BCUT2D eigenvalue weighted by atomic mass is 15.1. The van der Waals surface area contributed by atoms with Crippen molar-refractivity contribution in [3.05, 3.63) is 174 Å². The van der Waals surface area contributed by atoms with Crippen molar-refractivity contribution in [2.75, 3.05) is 4.90 Å². The van der Waals surface area contributed by atoms with Crippen molar-refractivity contribution in [3.63, 3.8) is 0 Å². The van der Waals surface area contributed by atoms with E-state index >= 15 is 0 Å². The molecule has 7 aromatic rings. The minimum Gasteiger partial charge on any atom is -0.309 e. The Balaban J connectivity index is 1.38. The summed E-state index contributed by atoms with van der Waals surface area (Å²) in [5.74, 6) is 0. The molecule has 0 saturated heterocycles. The van der Waals surface area contributed by atoms with Crippen LogP contribution in [0.3, 0.4) is 0 Å². The third-order valence-electron chi connectivity index (χ3n) is 10.9. The van der Waals surface area contributed by atoms with Crippen molar-refractivity contribution < 1.29 is 0 Å². The molecule has 2 aliphatic carbocycles. The second-order valence-corrected chi connectivity index (χ2v) is 14.2. The summed E-state index contributed by atoms with van der Waals surface area (Å²) in [6, 6.07) is 56.3. The number of benzene rings is 7. The van der Waals surface area contributed by atoms with E-state index in [9.17, 15) is 0 Å². The van der Waals surface area contributed by atoms with E-state index in [0.717, 1.165) is 0 Å². The molecule has 0 heterocycles. The van der Waals surface area contributed by atoms with Crippen molar-refractivity contribution >= 4 is 27.8 Å². The van der Waals surface area contributed by atoms with Crippen LogP contribution in [0.25, 0.3) is 44.2 Å². The molecule has 47 heavy (non-hydrogen) atoms. The number of nitrogens with zero attached hydrogens (tertiary/aromatic N) is 1. The molecule has 0 saturated carbocycles. The van der Waals surface area contributed by atoms with E-state index in [2.05, 4.69) is 184 Å². The summed E-state index contributed by atoms with van der Waals surface area (Å²) in [6.07, 6.45) is 0. The van der Waals surface area contributed by atoms with Gasteiger partial charge in [0.15, 0.2) is 0 Å². The molecule has 0 amide bonds. The molecule has 2 aliphatic rings. The van der Waals surface area contributed by atoms with Crippen molar-refractivity contribution in [2.24, 2.45) is 0 Å². The van der Waals surface area contributed by atoms with Gasteiger partial charge in [0, 0.05) is 27.6 Å². The standard InChI is InChI=1S/C46H37N/c1-45(2)38-22-13-11-20-36(38)44-39(45)23-14-24-41(44)47(32-26-27-35-34-19-10-12-21-37(34)46(3,4)40(35)29-32)42-28-25-30-15-8-9-18-33(30)43(42)31-16-6-5-7-17-31/h5-29H,1-4H3. The smallest absolute Gasteiger partial charge is 0.0546 e. The topological polar surface area (TPSA) is 3.24 Å².